The fourth-order valence-electron chi connectivity index (χ4n) is 3.31. The van der Waals surface area contributed by atoms with Gasteiger partial charge in [-0.05, 0) is 62.9 Å². The maximum Gasteiger partial charge on any atom is 0.212 e. The zero-order chi connectivity index (χ0) is 15.6. The van der Waals surface area contributed by atoms with Crippen molar-refractivity contribution in [2.75, 3.05) is 18.8 Å². The lowest BCUT2D eigenvalue weighted by atomic mass is 9.86. The van der Waals surface area contributed by atoms with Gasteiger partial charge in [0.05, 0.1) is 5.75 Å². The Labute approximate surface area is 137 Å². The van der Waals surface area contributed by atoms with E-state index in [0.717, 1.165) is 18.4 Å². The van der Waals surface area contributed by atoms with Gasteiger partial charge in [-0.1, -0.05) is 23.7 Å². The molecule has 0 unspecified atom stereocenters. The van der Waals surface area contributed by atoms with Crippen LogP contribution in [0.25, 0.3) is 0 Å². The molecule has 3 rings (SSSR count). The highest BCUT2D eigenvalue weighted by Crippen LogP contribution is 2.29. The maximum atomic E-state index is 12.2. The van der Waals surface area contributed by atoms with E-state index in [1.54, 1.807) is 12.1 Å². The number of likely N-dealkylation sites (tertiary alicyclic amines) is 1. The number of hydrogen-bond acceptors (Lipinski definition) is 3. The van der Waals surface area contributed by atoms with E-state index >= 15 is 0 Å². The van der Waals surface area contributed by atoms with Crippen molar-refractivity contribution in [1.29, 1.82) is 0 Å². The molecule has 2 aliphatic rings. The predicted molar refractivity (Wildman–Crippen MR) is 89.7 cm³/mol. The maximum absolute atomic E-state index is 12.2. The minimum absolute atomic E-state index is 0.126. The lowest BCUT2D eigenvalue weighted by Gasteiger charge is -2.41. The van der Waals surface area contributed by atoms with Crippen LogP contribution < -0.4 is 4.72 Å². The highest BCUT2D eigenvalue weighted by molar-refractivity contribution is 7.89. The minimum Gasteiger partial charge on any atom is -0.300 e. The molecule has 1 heterocycles. The highest BCUT2D eigenvalue weighted by Gasteiger charge is 2.36. The third-order valence-corrected chi connectivity index (χ3v) is 6.38. The molecule has 1 aromatic rings. The van der Waals surface area contributed by atoms with Crippen molar-refractivity contribution in [1.82, 2.24) is 9.62 Å². The molecule has 0 radical (unpaired) electrons. The molecule has 122 valence electrons. The monoisotopic (exact) mass is 342 g/mol. The number of aryl methyl sites for hydroxylation is 1. The van der Waals surface area contributed by atoms with Gasteiger partial charge in [-0.2, -0.15) is 0 Å². The van der Waals surface area contributed by atoms with Crippen molar-refractivity contribution < 1.29 is 8.42 Å². The smallest absolute Gasteiger partial charge is 0.212 e. The third kappa shape index (κ3) is 4.22. The van der Waals surface area contributed by atoms with E-state index in [1.807, 2.05) is 12.1 Å². The van der Waals surface area contributed by atoms with Gasteiger partial charge < -0.3 is 4.90 Å². The van der Waals surface area contributed by atoms with E-state index in [1.165, 1.54) is 25.9 Å². The van der Waals surface area contributed by atoms with Gasteiger partial charge in [-0.15, -0.1) is 0 Å². The first-order chi connectivity index (χ1) is 10.5. The van der Waals surface area contributed by atoms with Crippen LogP contribution >= 0.6 is 11.6 Å². The highest BCUT2D eigenvalue weighted by atomic mass is 35.5. The molecule has 1 aromatic carbocycles. The van der Waals surface area contributed by atoms with Crippen molar-refractivity contribution in [2.45, 2.75) is 44.2 Å². The number of hydrogen-bond donors (Lipinski definition) is 1. The Balaban J connectivity index is 1.43. The SMILES string of the molecule is O=S(=O)(CCc1ccc(Cl)cc1)NC1CC(N2CCCC2)C1. The van der Waals surface area contributed by atoms with Crippen molar-refractivity contribution in [3.8, 4) is 0 Å². The van der Waals surface area contributed by atoms with E-state index in [9.17, 15) is 8.42 Å². The molecule has 4 nitrogen and oxygen atoms in total. The second-order valence-corrected chi connectivity index (χ2v) is 8.69. The molecule has 1 N–H and O–H groups in total. The first kappa shape index (κ1) is 16.2. The standard InChI is InChI=1S/C16H23ClN2O2S/c17-14-5-3-13(4-6-14)7-10-22(20,21)18-15-11-16(12-15)19-8-1-2-9-19/h3-6,15-16,18H,1-2,7-12H2. The zero-order valence-corrected chi connectivity index (χ0v) is 14.2. The molecule has 1 saturated carbocycles. The van der Waals surface area contributed by atoms with E-state index in [2.05, 4.69) is 9.62 Å². The van der Waals surface area contributed by atoms with Gasteiger partial charge in [-0.3, -0.25) is 0 Å². The first-order valence-corrected chi connectivity index (χ1v) is 10.0. The minimum atomic E-state index is -3.20. The molecule has 1 aliphatic carbocycles. The summed E-state index contributed by atoms with van der Waals surface area (Å²) >= 11 is 5.83. The summed E-state index contributed by atoms with van der Waals surface area (Å²) < 4.78 is 27.1. The molecule has 2 fully saturated rings. The summed E-state index contributed by atoms with van der Waals surface area (Å²) in [7, 11) is -3.20. The van der Waals surface area contributed by atoms with Crippen LogP contribution in [0, 0.1) is 0 Å². The van der Waals surface area contributed by atoms with E-state index in [-0.39, 0.29) is 11.8 Å². The van der Waals surface area contributed by atoms with Gasteiger partial charge in [0.1, 0.15) is 0 Å². The van der Waals surface area contributed by atoms with Crippen molar-refractivity contribution in [2.24, 2.45) is 0 Å². The molecule has 0 atom stereocenters. The summed E-state index contributed by atoms with van der Waals surface area (Å²) in [5, 5.41) is 0.673. The van der Waals surface area contributed by atoms with Gasteiger partial charge in [0.25, 0.3) is 0 Å². The van der Waals surface area contributed by atoms with Crippen LogP contribution in [0.4, 0.5) is 0 Å². The van der Waals surface area contributed by atoms with Crippen LogP contribution in [0.3, 0.4) is 0 Å². The van der Waals surface area contributed by atoms with Crippen LogP contribution in [-0.4, -0.2) is 44.2 Å². The summed E-state index contributed by atoms with van der Waals surface area (Å²) in [6, 6.07) is 8.06. The van der Waals surface area contributed by atoms with Crippen LogP contribution in [-0.2, 0) is 16.4 Å². The molecule has 6 heteroatoms. The molecule has 0 amide bonds. The second kappa shape index (κ2) is 6.87. The van der Waals surface area contributed by atoms with Crippen LogP contribution in [0.15, 0.2) is 24.3 Å². The molecule has 1 saturated heterocycles. The first-order valence-electron chi connectivity index (χ1n) is 8.00. The molecule has 1 aliphatic heterocycles. The molecule has 22 heavy (non-hydrogen) atoms. The lowest BCUT2D eigenvalue weighted by Crippen LogP contribution is -2.53. The summed E-state index contributed by atoms with van der Waals surface area (Å²) in [5.41, 5.74) is 0.998. The largest absolute Gasteiger partial charge is 0.300 e. The normalized spacial score (nSPS) is 26.0. The lowest BCUT2D eigenvalue weighted by molar-refractivity contribution is 0.131. The van der Waals surface area contributed by atoms with Gasteiger partial charge in [0.15, 0.2) is 0 Å². The van der Waals surface area contributed by atoms with Crippen LogP contribution in [0.1, 0.15) is 31.2 Å². The Bertz CT molecular complexity index is 591. The number of rotatable bonds is 6. The van der Waals surface area contributed by atoms with E-state index in [4.69, 9.17) is 11.6 Å². The molecule has 0 aromatic heterocycles. The number of nitrogens with zero attached hydrogens (tertiary/aromatic N) is 1. The quantitative estimate of drug-likeness (QED) is 0.863. The fraction of sp³-hybridized carbons (Fsp3) is 0.625. The van der Waals surface area contributed by atoms with Crippen molar-refractivity contribution in [3.63, 3.8) is 0 Å². The summed E-state index contributed by atoms with van der Waals surface area (Å²) in [5.74, 6) is 0.138. The Morgan fingerprint density at radius 2 is 1.77 bits per heavy atom. The number of benzene rings is 1. The van der Waals surface area contributed by atoms with Crippen LogP contribution in [0.5, 0.6) is 0 Å². The Morgan fingerprint density at radius 3 is 2.41 bits per heavy atom. The zero-order valence-electron chi connectivity index (χ0n) is 12.7. The van der Waals surface area contributed by atoms with Gasteiger partial charge in [0.2, 0.25) is 10.0 Å². The third-order valence-electron chi connectivity index (χ3n) is 4.69. The van der Waals surface area contributed by atoms with Crippen LogP contribution in [0.2, 0.25) is 5.02 Å². The summed E-state index contributed by atoms with van der Waals surface area (Å²) in [6.07, 6.45) is 5.01. The van der Waals surface area contributed by atoms with Gasteiger partial charge >= 0.3 is 0 Å². The predicted octanol–water partition coefficient (Wildman–Crippen LogP) is 2.43. The molecule has 0 spiro atoms. The number of nitrogens with one attached hydrogen (secondary N) is 1. The van der Waals surface area contributed by atoms with Gasteiger partial charge in [-0.25, -0.2) is 13.1 Å². The van der Waals surface area contributed by atoms with E-state index < -0.39 is 10.0 Å². The Kier molecular flexibility index (Phi) is 5.07. The van der Waals surface area contributed by atoms with E-state index in [0.29, 0.717) is 17.5 Å². The number of halogens is 1. The number of sulfonamides is 1. The Hall–Kier alpha value is -0.620. The summed E-state index contributed by atoms with van der Waals surface area (Å²) in [4.78, 5) is 2.50. The topological polar surface area (TPSA) is 49.4 Å². The summed E-state index contributed by atoms with van der Waals surface area (Å²) in [6.45, 7) is 2.36. The van der Waals surface area contributed by atoms with Crippen molar-refractivity contribution >= 4 is 21.6 Å². The van der Waals surface area contributed by atoms with Crippen molar-refractivity contribution in [3.05, 3.63) is 34.9 Å². The average Bonchev–Trinajstić information content (AvgIpc) is 2.95. The Morgan fingerprint density at radius 1 is 1.14 bits per heavy atom. The average molecular weight is 343 g/mol. The molecule has 0 bridgehead atoms. The van der Waals surface area contributed by atoms with Gasteiger partial charge in [0, 0.05) is 17.1 Å². The molecular formula is C16H23ClN2O2S. The second-order valence-electron chi connectivity index (χ2n) is 6.38. The molecular weight excluding hydrogens is 320 g/mol. The fourth-order valence-corrected chi connectivity index (χ4v) is 4.75.